The van der Waals surface area contributed by atoms with Gasteiger partial charge in [0.15, 0.2) is 0 Å². The van der Waals surface area contributed by atoms with E-state index in [1.54, 1.807) is 0 Å². The second-order valence-corrected chi connectivity index (χ2v) is 7.83. The highest BCUT2D eigenvalue weighted by molar-refractivity contribution is 5.68. The quantitative estimate of drug-likeness (QED) is 0.834. The first-order chi connectivity index (χ1) is 10.8. The third kappa shape index (κ3) is 3.52. The van der Waals surface area contributed by atoms with E-state index in [0.717, 1.165) is 26.1 Å². The minimum atomic E-state index is -0.415. The molecule has 3 rings (SSSR count). The minimum Gasteiger partial charge on any atom is -0.444 e. The molecular formula is C19H28N2O2. The van der Waals surface area contributed by atoms with Crippen LogP contribution in [0.1, 0.15) is 45.7 Å². The van der Waals surface area contributed by atoms with Crippen LogP contribution in [-0.4, -0.2) is 47.2 Å². The van der Waals surface area contributed by atoms with Crippen LogP contribution in [0.15, 0.2) is 30.3 Å². The van der Waals surface area contributed by atoms with E-state index >= 15 is 0 Å². The maximum atomic E-state index is 12.2. The van der Waals surface area contributed by atoms with E-state index in [1.165, 1.54) is 5.56 Å². The van der Waals surface area contributed by atoms with Gasteiger partial charge in [0.2, 0.25) is 0 Å². The van der Waals surface area contributed by atoms with E-state index < -0.39 is 5.60 Å². The smallest absolute Gasteiger partial charge is 0.410 e. The fourth-order valence-electron chi connectivity index (χ4n) is 3.76. The number of rotatable bonds is 2. The van der Waals surface area contributed by atoms with E-state index in [1.807, 2.05) is 25.7 Å². The van der Waals surface area contributed by atoms with Gasteiger partial charge in [-0.1, -0.05) is 30.3 Å². The van der Waals surface area contributed by atoms with Crippen molar-refractivity contribution in [3.63, 3.8) is 0 Å². The number of likely N-dealkylation sites (tertiary alicyclic amines) is 2. The molecule has 0 bridgehead atoms. The predicted octanol–water partition coefficient (Wildman–Crippen LogP) is 3.69. The summed E-state index contributed by atoms with van der Waals surface area (Å²) >= 11 is 0. The van der Waals surface area contributed by atoms with Crippen LogP contribution in [0.4, 0.5) is 4.79 Å². The molecule has 23 heavy (non-hydrogen) atoms. The standard InChI is InChI=1S/C19H28N2O2/c1-14(15-8-6-5-7-9-15)21-13-16-12-20(11-10-17(16)21)18(22)23-19(2,3)4/h5-9,14,16-17H,10-13H2,1-4H3/t14-,16+,17+/m1/s1. The van der Waals surface area contributed by atoms with Crippen LogP contribution < -0.4 is 0 Å². The van der Waals surface area contributed by atoms with Gasteiger partial charge in [-0.05, 0) is 39.7 Å². The van der Waals surface area contributed by atoms with E-state index in [0.29, 0.717) is 18.0 Å². The van der Waals surface area contributed by atoms with Gasteiger partial charge in [-0.25, -0.2) is 4.79 Å². The maximum Gasteiger partial charge on any atom is 0.410 e. The third-order valence-corrected chi connectivity index (χ3v) is 5.00. The Morgan fingerprint density at radius 3 is 2.52 bits per heavy atom. The van der Waals surface area contributed by atoms with Crippen LogP contribution in [0.5, 0.6) is 0 Å². The lowest BCUT2D eigenvalue weighted by Crippen LogP contribution is -2.64. The first-order valence-corrected chi connectivity index (χ1v) is 8.64. The first-order valence-electron chi connectivity index (χ1n) is 8.64. The molecule has 1 amide bonds. The van der Waals surface area contributed by atoms with Crippen LogP contribution in [0.2, 0.25) is 0 Å². The summed E-state index contributed by atoms with van der Waals surface area (Å²) in [5, 5.41) is 0. The summed E-state index contributed by atoms with van der Waals surface area (Å²) in [6.07, 6.45) is 0.881. The molecule has 126 valence electrons. The summed E-state index contributed by atoms with van der Waals surface area (Å²) in [6, 6.07) is 11.7. The topological polar surface area (TPSA) is 32.8 Å². The third-order valence-electron chi connectivity index (χ3n) is 5.00. The number of hydrogen-bond donors (Lipinski definition) is 0. The molecule has 2 aliphatic rings. The van der Waals surface area contributed by atoms with Gasteiger partial charge < -0.3 is 9.64 Å². The van der Waals surface area contributed by atoms with Crippen molar-refractivity contribution in [3.8, 4) is 0 Å². The molecule has 3 atom stereocenters. The largest absolute Gasteiger partial charge is 0.444 e. The summed E-state index contributed by atoms with van der Waals surface area (Å²) in [5.74, 6) is 0.586. The molecule has 4 nitrogen and oxygen atoms in total. The molecule has 0 aromatic heterocycles. The molecule has 2 saturated heterocycles. The summed E-state index contributed by atoms with van der Waals surface area (Å²) in [5.41, 5.74) is 0.960. The highest BCUT2D eigenvalue weighted by Gasteiger charge is 2.45. The van der Waals surface area contributed by atoms with Gasteiger partial charge in [-0.2, -0.15) is 0 Å². The van der Waals surface area contributed by atoms with Gasteiger partial charge >= 0.3 is 6.09 Å². The molecule has 0 unspecified atom stereocenters. The van der Waals surface area contributed by atoms with Crippen LogP contribution >= 0.6 is 0 Å². The van der Waals surface area contributed by atoms with Gasteiger partial charge in [-0.3, -0.25) is 4.90 Å². The number of ether oxygens (including phenoxy) is 1. The lowest BCUT2D eigenvalue weighted by Gasteiger charge is -2.55. The lowest BCUT2D eigenvalue weighted by molar-refractivity contribution is -0.0696. The van der Waals surface area contributed by atoms with E-state index in [4.69, 9.17) is 4.74 Å². The number of amides is 1. The summed E-state index contributed by atoms with van der Waals surface area (Å²) in [7, 11) is 0. The zero-order chi connectivity index (χ0) is 16.6. The lowest BCUT2D eigenvalue weighted by atomic mass is 9.80. The van der Waals surface area contributed by atoms with Crippen LogP contribution in [-0.2, 0) is 4.74 Å². The van der Waals surface area contributed by atoms with Gasteiger partial charge in [0.25, 0.3) is 0 Å². The Morgan fingerprint density at radius 2 is 1.91 bits per heavy atom. The Hall–Kier alpha value is -1.55. The van der Waals surface area contributed by atoms with Crippen LogP contribution in [0.25, 0.3) is 0 Å². The number of hydrogen-bond acceptors (Lipinski definition) is 3. The van der Waals surface area contributed by atoms with Crippen molar-refractivity contribution in [2.24, 2.45) is 5.92 Å². The van der Waals surface area contributed by atoms with Crippen molar-refractivity contribution in [2.45, 2.75) is 51.8 Å². The average molecular weight is 316 g/mol. The first kappa shape index (κ1) is 16.3. The summed E-state index contributed by atoms with van der Waals surface area (Å²) in [4.78, 5) is 16.7. The molecule has 0 spiro atoms. The Balaban J connectivity index is 1.56. The van der Waals surface area contributed by atoms with Crippen molar-refractivity contribution >= 4 is 6.09 Å². The Bertz CT molecular complexity index is 552. The van der Waals surface area contributed by atoms with Crippen molar-refractivity contribution < 1.29 is 9.53 Å². The normalized spacial score (nSPS) is 26.2. The monoisotopic (exact) mass is 316 g/mol. The molecule has 0 aliphatic carbocycles. The number of piperidine rings is 1. The van der Waals surface area contributed by atoms with Crippen molar-refractivity contribution in [1.82, 2.24) is 9.80 Å². The number of carbonyl (C=O) groups excluding carboxylic acids is 1. The molecule has 2 fully saturated rings. The Morgan fingerprint density at radius 1 is 1.22 bits per heavy atom. The summed E-state index contributed by atoms with van der Waals surface area (Å²) in [6.45, 7) is 10.7. The van der Waals surface area contributed by atoms with Gasteiger partial charge in [0.05, 0.1) is 0 Å². The van der Waals surface area contributed by atoms with Crippen LogP contribution in [0, 0.1) is 5.92 Å². The Labute approximate surface area is 139 Å². The number of fused-ring (bicyclic) bond motifs is 1. The highest BCUT2D eigenvalue weighted by Crippen LogP contribution is 2.38. The molecule has 4 heteroatoms. The summed E-state index contributed by atoms with van der Waals surface area (Å²) < 4.78 is 5.50. The molecule has 1 aromatic carbocycles. The average Bonchev–Trinajstić information content (AvgIpc) is 2.47. The molecule has 0 saturated carbocycles. The second kappa shape index (κ2) is 6.16. The van der Waals surface area contributed by atoms with Crippen molar-refractivity contribution in [2.75, 3.05) is 19.6 Å². The number of nitrogens with zero attached hydrogens (tertiary/aromatic N) is 2. The zero-order valence-corrected chi connectivity index (χ0v) is 14.7. The number of carbonyl (C=O) groups is 1. The predicted molar refractivity (Wildman–Crippen MR) is 91.3 cm³/mol. The fraction of sp³-hybridized carbons (Fsp3) is 0.632. The molecule has 2 heterocycles. The fourth-order valence-corrected chi connectivity index (χ4v) is 3.76. The molecule has 1 aromatic rings. The molecule has 0 radical (unpaired) electrons. The SMILES string of the molecule is C[C@H](c1ccccc1)N1C[C@@H]2CN(C(=O)OC(C)(C)C)CC[C@@H]21. The highest BCUT2D eigenvalue weighted by atomic mass is 16.6. The number of benzene rings is 1. The minimum absolute atomic E-state index is 0.162. The maximum absolute atomic E-state index is 12.2. The van der Waals surface area contributed by atoms with E-state index in [9.17, 15) is 4.79 Å². The van der Waals surface area contributed by atoms with Gasteiger partial charge in [0.1, 0.15) is 5.60 Å². The van der Waals surface area contributed by atoms with Gasteiger partial charge in [-0.15, -0.1) is 0 Å². The van der Waals surface area contributed by atoms with Crippen molar-refractivity contribution in [1.29, 1.82) is 0 Å². The van der Waals surface area contributed by atoms with E-state index in [-0.39, 0.29) is 6.09 Å². The molecule has 0 N–H and O–H groups in total. The second-order valence-electron chi connectivity index (χ2n) is 7.83. The van der Waals surface area contributed by atoms with E-state index in [2.05, 4.69) is 42.2 Å². The molecular weight excluding hydrogens is 288 g/mol. The van der Waals surface area contributed by atoms with Gasteiger partial charge in [0, 0.05) is 37.6 Å². The van der Waals surface area contributed by atoms with Crippen LogP contribution in [0.3, 0.4) is 0 Å². The molecule has 2 aliphatic heterocycles. The Kier molecular flexibility index (Phi) is 4.37. The zero-order valence-electron chi connectivity index (χ0n) is 14.7. The van der Waals surface area contributed by atoms with Crippen molar-refractivity contribution in [3.05, 3.63) is 35.9 Å².